The first kappa shape index (κ1) is 24.4. The molecule has 3 atom stereocenters. The van der Waals surface area contributed by atoms with Crippen LogP contribution in [-0.4, -0.2) is 27.7 Å². The van der Waals surface area contributed by atoms with E-state index in [1.54, 1.807) is 0 Å². The molecular formula is C22H37Br3O2. The molecule has 3 unspecified atom stereocenters. The molecule has 0 bridgehead atoms. The van der Waals surface area contributed by atoms with E-state index in [0.717, 1.165) is 50.5 Å². The zero-order chi connectivity index (χ0) is 19.5. The minimum absolute atomic E-state index is 0.285. The molecule has 0 amide bonds. The maximum atomic E-state index is 8.67. The van der Waals surface area contributed by atoms with Gasteiger partial charge in [0.2, 0.25) is 0 Å². The quantitative estimate of drug-likeness (QED) is 0.249. The Balaban J connectivity index is 0.000000219. The molecule has 0 aromatic heterocycles. The highest BCUT2D eigenvalue weighted by molar-refractivity contribution is 9.25. The first-order valence-corrected chi connectivity index (χ1v) is 13.4. The smallest absolute Gasteiger partial charge is 0.0886 e. The Labute approximate surface area is 191 Å². The lowest BCUT2D eigenvalue weighted by molar-refractivity contribution is 0.0714. The Bertz CT molecular complexity index is 425. The molecule has 0 heterocycles. The molecule has 1 N–H and O–H groups in total. The van der Waals surface area contributed by atoms with Gasteiger partial charge in [0.15, 0.2) is 0 Å². The number of hydrogen-bond acceptors (Lipinski definition) is 2. The van der Waals surface area contributed by atoms with Crippen molar-refractivity contribution < 1.29 is 9.84 Å². The molecule has 5 heteroatoms. The van der Waals surface area contributed by atoms with Crippen molar-refractivity contribution in [2.24, 2.45) is 11.8 Å². The summed E-state index contributed by atoms with van der Waals surface area (Å²) in [7, 11) is 0. The minimum atomic E-state index is 0.285. The number of fused-ring (bicyclic) bond motifs is 1. The molecule has 3 aliphatic rings. The standard InChI is InChI=1S/C14H25BrO2.C8H12Br2/c15-13-9-5-1-2-6-10-14(13)17-12-8-4-3-7-11-16;9-8(10)6-4-2-1-3-5-7(6)8/h9,14,16H,1-8,10-12H2;6-7H,1-5H2. The van der Waals surface area contributed by atoms with E-state index in [1.807, 2.05) is 0 Å². The predicted octanol–water partition coefficient (Wildman–Crippen LogP) is 7.85. The van der Waals surface area contributed by atoms with Crippen molar-refractivity contribution in [3.05, 3.63) is 10.6 Å². The van der Waals surface area contributed by atoms with Gasteiger partial charge in [0.05, 0.1) is 9.34 Å². The fourth-order valence-electron chi connectivity index (χ4n) is 4.27. The maximum absolute atomic E-state index is 8.67. The highest BCUT2D eigenvalue weighted by atomic mass is 79.9. The predicted molar refractivity (Wildman–Crippen MR) is 126 cm³/mol. The van der Waals surface area contributed by atoms with Crippen LogP contribution in [0.15, 0.2) is 10.6 Å². The average molecular weight is 573 g/mol. The Hall–Kier alpha value is 1.10. The molecule has 0 aromatic carbocycles. The lowest BCUT2D eigenvalue weighted by Gasteiger charge is -2.19. The Morgan fingerprint density at radius 1 is 0.889 bits per heavy atom. The van der Waals surface area contributed by atoms with Crippen molar-refractivity contribution in [3.63, 3.8) is 0 Å². The zero-order valence-corrected chi connectivity index (χ0v) is 21.4. The molecule has 0 aliphatic heterocycles. The maximum Gasteiger partial charge on any atom is 0.0886 e. The van der Waals surface area contributed by atoms with E-state index >= 15 is 0 Å². The number of aliphatic hydroxyl groups excluding tert-OH is 1. The summed E-state index contributed by atoms with van der Waals surface area (Å²) in [6.45, 7) is 1.16. The number of aliphatic hydroxyl groups is 1. The van der Waals surface area contributed by atoms with Crippen molar-refractivity contribution in [2.75, 3.05) is 13.2 Å². The van der Waals surface area contributed by atoms with Gasteiger partial charge in [-0.1, -0.05) is 98.8 Å². The van der Waals surface area contributed by atoms with Gasteiger partial charge in [-0.25, -0.2) is 0 Å². The molecular weight excluding hydrogens is 536 g/mol. The van der Waals surface area contributed by atoms with Crippen molar-refractivity contribution >= 4 is 47.8 Å². The number of allylic oxidation sites excluding steroid dienone is 1. The average Bonchev–Trinajstić information content (AvgIpc) is 3.26. The van der Waals surface area contributed by atoms with Crippen LogP contribution in [0, 0.1) is 11.8 Å². The van der Waals surface area contributed by atoms with Crippen molar-refractivity contribution in [3.8, 4) is 0 Å². The van der Waals surface area contributed by atoms with Crippen LogP contribution >= 0.6 is 47.8 Å². The van der Waals surface area contributed by atoms with E-state index in [-0.39, 0.29) is 6.10 Å². The van der Waals surface area contributed by atoms with Crippen molar-refractivity contribution in [1.82, 2.24) is 0 Å². The molecule has 3 rings (SSSR count). The zero-order valence-electron chi connectivity index (χ0n) is 16.6. The van der Waals surface area contributed by atoms with Crippen LogP contribution in [0.5, 0.6) is 0 Å². The van der Waals surface area contributed by atoms with Gasteiger partial charge in [0.1, 0.15) is 0 Å². The molecule has 0 spiro atoms. The van der Waals surface area contributed by atoms with E-state index in [0.29, 0.717) is 9.84 Å². The SMILES string of the molecule is BrC1(Br)C2CCCCCC21.OCCCCCCOC1CCCCCC=C1Br. The van der Waals surface area contributed by atoms with Crippen LogP contribution in [0.4, 0.5) is 0 Å². The van der Waals surface area contributed by atoms with E-state index in [4.69, 9.17) is 9.84 Å². The summed E-state index contributed by atoms with van der Waals surface area (Å²) in [6, 6.07) is 0. The number of hydrogen-bond donors (Lipinski definition) is 1. The van der Waals surface area contributed by atoms with Crippen LogP contribution in [0.25, 0.3) is 0 Å². The van der Waals surface area contributed by atoms with Gasteiger partial charge in [-0.05, 0) is 56.8 Å². The fraction of sp³-hybridized carbons (Fsp3) is 0.909. The largest absolute Gasteiger partial charge is 0.396 e. The first-order chi connectivity index (χ1) is 13.1. The number of rotatable bonds is 7. The number of halogens is 3. The normalized spacial score (nSPS) is 29.9. The molecule has 158 valence electrons. The lowest BCUT2D eigenvalue weighted by Crippen LogP contribution is -2.15. The van der Waals surface area contributed by atoms with Crippen LogP contribution in [0.2, 0.25) is 0 Å². The topological polar surface area (TPSA) is 29.5 Å². The Morgan fingerprint density at radius 3 is 2.22 bits per heavy atom. The number of ether oxygens (including phenoxy) is 1. The summed E-state index contributed by atoms with van der Waals surface area (Å²) >= 11 is 11.1. The van der Waals surface area contributed by atoms with Crippen molar-refractivity contribution in [2.45, 2.75) is 99.2 Å². The Morgan fingerprint density at radius 2 is 1.52 bits per heavy atom. The second-order valence-corrected chi connectivity index (χ2v) is 12.9. The molecule has 27 heavy (non-hydrogen) atoms. The van der Waals surface area contributed by atoms with Gasteiger partial charge >= 0.3 is 0 Å². The summed E-state index contributed by atoms with van der Waals surface area (Å²) < 4.78 is 7.54. The molecule has 0 aromatic rings. The third-order valence-electron chi connectivity index (χ3n) is 6.08. The van der Waals surface area contributed by atoms with Gasteiger partial charge in [-0.3, -0.25) is 0 Å². The first-order valence-electron chi connectivity index (χ1n) is 11.0. The summed E-state index contributed by atoms with van der Waals surface area (Å²) in [4.78, 5) is 0. The van der Waals surface area contributed by atoms with E-state index < -0.39 is 0 Å². The number of alkyl halides is 2. The van der Waals surface area contributed by atoms with Gasteiger partial charge in [-0.2, -0.15) is 0 Å². The third kappa shape index (κ3) is 8.78. The second-order valence-electron chi connectivity index (χ2n) is 8.25. The van der Waals surface area contributed by atoms with Gasteiger partial charge in [-0.15, -0.1) is 0 Å². The van der Waals surface area contributed by atoms with Crippen LogP contribution in [0.3, 0.4) is 0 Å². The summed E-state index contributed by atoms with van der Waals surface area (Å²) in [5, 5.41) is 8.67. The van der Waals surface area contributed by atoms with Gasteiger partial charge in [0.25, 0.3) is 0 Å². The molecule has 3 aliphatic carbocycles. The van der Waals surface area contributed by atoms with E-state index in [1.165, 1.54) is 62.3 Å². The highest BCUT2D eigenvalue weighted by Crippen LogP contribution is 2.66. The van der Waals surface area contributed by atoms with Crippen LogP contribution in [0.1, 0.15) is 89.9 Å². The molecule has 0 radical (unpaired) electrons. The highest BCUT2D eigenvalue weighted by Gasteiger charge is 2.60. The van der Waals surface area contributed by atoms with Crippen LogP contribution < -0.4 is 0 Å². The summed E-state index contributed by atoms with van der Waals surface area (Å²) in [5.74, 6) is 1.88. The lowest BCUT2D eigenvalue weighted by atomic mass is 10.0. The summed E-state index contributed by atoms with van der Waals surface area (Å²) in [6.07, 6.45) is 20.3. The molecule has 2 nitrogen and oxygen atoms in total. The molecule has 2 saturated carbocycles. The van der Waals surface area contributed by atoms with Gasteiger partial charge < -0.3 is 9.84 Å². The third-order valence-corrected chi connectivity index (χ3v) is 9.27. The van der Waals surface area contributed by atoms with Gasteiger partial charge in [0, 0.05) is 17.7 Å². The fourth-order valence-corrected chi connectivity index (χ4v) is 6.79. The monoisotopic (exact) mass is 570 g/mol. The van der Waals surface area contributed by atoms with Crippen LogP contribution in [-0.2, 0) is 4.74 Å². The summed E-state index contributed by atoms with van der Waals surface area (Å²) in [5.41, 5.74) is 0. The molecule has 0 saturated heterocycles. The second kappa shape index (κ2) is 13.4. The van der Waals surface area contributed by atoms with Crippen molar-refractivity contribution in [1.29, 1.82) is 0 Å². The number of unbranched alkanes of at least 4 members (excludes halogenated alkanes) is 3. The Kier molecular flexibility index (Phi) is 12.1. The molecule has 2 fully saturated rings. The minimum Gasteiger partial charge on any atom is -0.396 e. The van der Waals surface area contributed by atoms with E-state index in [2.05, 4.69) is 53.9 Å². The van der Waals surface area contributed by atoms with E-state index in [9.17, 15) is 0 Å².